The number of carbonyl (C=O) groups is 3. The van der Waals surface area contributed by atoms with E-state index in [1.54, 1.807) is 0 Å². The summed E-state index contributed by atoms with van der Waals surface area (Å²) in [5.74, 6) is -1.14. The van der Waals surface area contributed by atoms with E-state index >= 15 is 0 Å². The second kappa shape index (κ2) is 10.2. The molecule has 0 radical (unpaired) electrons. The van der Waals surface area contributed by atoms with Crippen molar-refractivity contribution in [2.45, 2.75) is 38.6 Å². The highest BCUT2D eigenvalue weighted by Crippen LogP contribution is 2.06. The Morgan fingerprint density at radius 1 is 1.10 bits per heavy atom. The van der Waals surface area contributed by atoms with Gasteiger partial charge in [0.1, 0.15) is 0 Å². The molecule has 7 nitrogen and oxygen atoms in total. The molecule has 2 amide bonds. The molecule has 0 aliphatic rings. The Bertz CT molecular complexity index is 332. The minimum Gasteiger partial charge on any atom is -0.481 e. The maximum absolute atomic E-state index is 11.9. The Morgan fingerprint density at radius 2 is 1.75 bits per heavy atom. The Morgan fingerprint density at radius 3 is 2.25 bits per heavy atom. The van der Waals surface area contributed by atoms with E-state index < -0.39 is 5.97 Å². The van der Waals surface area contributed by atoms with Crippen LogP contribution in [0.15, 0.2) is 0 Å². The zero-order valence-electron chi connectivity index (χ0n) is 12.4. The SMILES string of the molecule is CC(=O)NCCCCC(C(=O)[15NH][13CH2][13CH2][13C](=O)O)N(C)[13CH3]. The van der Waals surface area contributed by atoms with E-state index in [9.17, 15) is 14.4 Å². The van der Waals surface area contributed by atoms with Gasteiger partial charge in [0.25, 0.3) is 0 Å². The van der Waals surface area contributed by atoms with Gasteiger partial charge in [-0.2, -0.15) is 0 Å². The minimum absolute atomic E-state index is 0.0550. The summed E-state index contributed by atoms with van der Waals surface area (Å²) < 4.78 is 0. The lowest BCUT2D eigenvalue weighted by atomic mass is 10.1. The molecule has 3 N–H and O–H groups in total. The highest BCUT2D eigenvalue weighted by atomic mass is 16.5. The van der Waals surface area contributed by atoms with E-state index in [4.69, 9.17) is 5.11 Å². The van der Waals surface area contributed by atoms with E-state index in [1.165, 1.54) is 6.92 Å². The molecule has 0 aromatic rings. The van der Waals surface area contributed by atoms with Crippen LogP contribution in [-0.4, -0.2) is 61.0 Å². The number of nitrogens with zero attached hydrogens (tertiary/aromatic N) is 1. The van der Waals surface area contributed by atoms with E-state index in [1.807, 2.05) is 19.0 Å². The predicted molar refractivity (Wildman–Crippen MR) is 75.3 cm³/mol. The number of carboxylic acid groups (broad SMARTS) is 1. The summed E-state index contributed by atoms with van der Waals surface area (Å²) in [7, 11) is 3.63. The molecular formula is C13H25N3O4. The van der Waals surface area contributed by atoms with Gasteiger partial charge in [0.05, 0.1) is 12.5 Å². The molecule has 1 unspecified atom stereocenters. The first-order chi connectivity index (χ1) is 9.34. The number of hydrogen-bond donors (Lipinski definition) is 3. The highest BCUT2D eigenvalue weighted by Gasteiger charge is 2.19. The molecule has 0 aromatic carbocycles. The number of hydrogen-bond acceptors (Lipinski definition) is 4. The van der Waals surface area contributed by atoms with Crippen LogP contribution in [0.25, 0.3) is 0 Å². The average molecular weight is 292 g/mol. The van der Waals surface area contributed by atoms with Crippen LogP contribution in [0.4, 0.5) is 0 Å². The lowest BCUT2D eigenvalue weighted by Gasteiger charge is -2.23. The van der Waals surface area contributed by atoms with E-state index in [2.05, 4.69) is 10.6 Å². The van der Waals surface area contributed by atoms with Crippen LogP contribution >= 0.6 is 0 Å². The summed E-state index contributed by atoms with van der Waals surface area (Å²) in [5, 5.41) is 13.9. The van der Waals surface area contributed by atoms with Crippen LogP contribution in [0.3, 0.4) is 0 Å². The van der Waals surface area contributed by atoms with Crippen LogP contribution in [0.2, 0.25) is 0 Å². The topological polar surface area (TPSA) is 98.7 Å². The number of carbonyl (C=O) groups excluding carboxylic acids is 2. The molecule has 116 valence electrons. The molecule has 0 saturated carbocycles. The number of likely N-dealkylation sites (N-methyl/N-ethyl adjacent to an activating group) is 1. The van der Waals surface area contributed by atoms with Crippen LogP contribution in [0.1, 0.15) is 32.6 Å². The van der Waals surface area contributed by atoms with Crippen molar-refractivity contribution in [2.75, 3.05) is 27.2 Å². The molecule has 0 saturated heterocycles. The normalized spacial score (nSPS) is 12.0. The average Bonchev–Trinajstić information content (AvgIpc) is 2.32. The van der Waals surface area contributed by atoms with Crippen molar-refractivity contribution in [3.63, 3.8) is 0 Å². The fraction of sp³-hybridized carbons (Fsp3) is 0.769. The van der Waals surface area contributed by atoms with Crippen molar-refractivity contribution >= 4 is 17.8 Å². The van der Waals surface area contributed by atoms with Crippen molar-refractivity contribution in [2.24, 2.45) is 0 Å². The summed E-state index contributed by atoms with van der Waals surface area (Å²) in [6.07, 6.45) is 2.22. The maximum Gasteiger partial charge on any atom is 0.305 e. The van der Waals surface area contributed by atoms with Gasteiger partial charge >= 0.3 is 5.97 Å². The zero-order chi connectivity index (χ0) is 15.5. The molecular weight excluding hydrogens is 267 g/mol. The van der Waals surface area contributed by atoms with Gasteiger partial charge in [0.15, 0.2) is 0 Å². The Hall–Kier alpha value is -1.63. The van der Waals surface area contributed by atoms with Crippen molar-refractivity contribution in [3.05, 3.63) is 0 Å². The third-order valence-corrected chi connectivity index (χ3v) is 2.84. The Balaban J connectivity index is 3.99. The van der Waals surface area contributed by atoms with Gasteiger partial charge < -0.3 is 15.7 Å². The van der Waals surface area contributed by atoms with Gasteiger partial charge in [0.2, 0.25) is 11.8 Å². The minimum atomic E-state index is -0.929. The molecule has 1 atom stereocenters. The quantitative estimate of drug-likeness (QED) is 0.294. The van der Waals surface area contributed by atoms with E-state index in [0.717, 1.165) is 12.8 Å². The van der Waals surface area contributed by atoms with Gasteiger partial charge in [-0.05, 0) is 33.4 Å². The van der Waals surface area contributed by atoms with Gasteiger partial charge in [-0.15, -0.1) is 0 Å². The second-order valence-electron chi connectivity index (χ2n) is 4.89. The van der Waals surface area contributed by atoms with Gasteiger partial charge in [-0.1, -0.05) is 0 Å². The summed E-state index contributed by atoms with van der Waals surface area (Å²) in [4.78, 5) is 34.8. The molecule has 0 heterocycles. The molecule has 7 heteroatoms. The van der Waals surface area contributed by atoms with E-state index in [-0.39, 0.29) is 30.8 Å². The largest absolute Gasteiger partial charge is 0.481 e. The van der Waals surface area contributed by atoms with Gasteiger partial charge in [0, 0.05) is 20.0 Å². The monoisotopic (exact) mass is 292 g/mol. The van der Waals surface area contributed by atoms with Crippen LogP contribution in [0, 0.1) is 0 Å². The number of rotatable bonds is 10. The van der Waals surface area contributed by atoms with Crippen molar-refractivity contribution < 1.29 is 19.5 Å². The highest BCUT2D eigenvalue weighted by molar-refractivity contribution is 5.82. The number of carboxylic acids is 1. The van der Waals surface area contributed by atoms with Crippen LogP contribution < -0.4 is 10.6 Å². The molecule has 0 bridgehead atoms. The van der Waals surface area contributed by atoms with Crippen LogP contribution in [0.5, 0.6) is 0 Å². The fourth-order valence-electron chi connectivity index (χ4n) is 1.76. The molecule has 0 spiro atoms. The molecule has 0 fully saturated rings. The van der Waals surface area contributed by atoms with Gasteiger partial charge in [-0.3, -0.25) is 19.3 Å². The van der Waals surface area contributed by atoms with Gasteiger partial charge in [-0.25, -0.2) is 0 Å². The predicted octanol–water partition coefficient (Wildman–Crippen LogP) is -0.186. The number of aliphatic carboxylic acids is 1. The maximum atomic E-state index is 11.9. The van der Waals surface area contributed by atoms with Crippen molar-refractivity contribution in [1.29, 1.82) is 0 Å². The number of amides is 2. The summed E-state index contributed by atoms with van der Waals surface area (Å²) >= 11 is 0. The third-order valence-electron chi connectivity index (χ3n) is 2.84. The summed E-state index contributed by atoms with van der Waals surface area (Å²) in [6.45, 7) is 2.22. The first kappa shape index (κ1) is 18.4. The van der Waals surface area contributed by atoms with Crippen molar-refractivity contribution in [3.8, 4) is 0 Å². The first-order valence-electron chi connectivity index (χ1n) is 6.75. The third kappa shape index (κ3) is 9.32. The lowest BCUT2D eigenvalue weighted by molar-refractivity contribution is -0.137. The van der Waals surface area contributed by atoms with Crippen molar-refractivity contribution in [1.82, 2.24) is 15.5 Å². The van der Waals surface area contributed by atoms with Crippen LogP contribution in [-0.2, 0) is 14.4 Å². The fourth-order valence-corrected chi connectivity index (χ4v) is 1.76. The van der Waals surface area contributed by atoms with E-state index in [0.29, 0.717) is 13.0 Å². The number of unbranched alkanes of at least 4 members (excludes halogenated alkanes) is 1. The molecule has 0 aliphatic carbocycles. The summed E-state index contributed by atoms with van der Waals surface area (Å²) in [5.41, 5.74) is 0. The molecule has 0 aromatic heterocycles. The summed E-state index contributed by atoms with van der Waals surface area (Å²) in [6, 6.07) is -0.277. The first-order valence-corrected chi connectivity index (χ1v) is 6.75. The lowest BCUT2D eigenvalue weighted by Crippen LogP contribution is -2.44. The molecule has 20 heavy (non-hydrogen) atoms. The Labute approximate surface area is 119 Å². The number of nitrogens with one attached hydrogen (secondary N) is 2. The molecule has 0 aliphatic heterocycles. The Kier molecular flexibility index (Phi) is 9.36. The smallest absolute Gasteiger partial charge is 0.305 e. The second-order valence-corrected chi connectivity index (χ2v) is 4.89. The zero-order valence-corrected chi connectivity index (χ0v) is 12.4. The molecule has 0 rings (SSSR count). The standard InChI is InChI=1S/C13H25N3O4/c1-10(17)14-8-5-4-6-11(16(2)3)13(20)15-9-7-12(18)19/h11H,4-9H2,1-3H3,(H,14,17)(H,15,20)(H,18,19)/i2+1,7+1,9+1,12+1,15+1.